The van der Waals surface area contributed by atoms with Gasteiger partial charge < -0.3 is 5.32 Å². The van der Waals surface area contributed by atoms with Crippen LogP contribution in [0.15, 0.2) is 36.9 Å². The summed E-state index contributed by atoms with van der Waals surface area (Å²) in [5, 5.41) is 11.4. The third kappa shape index (κ3) is 4.20. The number of anilines is 1. The molecule has 1 rings (SSSR count). The summed E-state index contributed by atoms with van der Waals surface area (Å²) in [6, 6.07) is 8.87. The SMILES string of the molecule is C=CCSCC(=O)Nc1cccc(C#N)c1. The van der Waals surface area contributed by atoms with Crippen molar-refractivity contribution >= 4 is 23.4 Å². The molecule has 0 aliphatic heterocycles. The van der Waals surface area contributed by atoms with Crippen LogP contribution >= 0.6 is 11.8 Å². The van der Waals surface area contributed by atoms with Crippen molar-refractivity contribution in [3.8, 4) is 6.07 Å². The van der Waals surface area contributed by atoms with Crippen molar-refractivity contribution < 1.29 is 4.79 Å². The molecule has 0 saturated carbocycles. The van der Waals surface area contributed by atoms with Crippen molar-refractivity contribution in [2.24, 2.45) is 0 Å². The van der Waals surface area contributed by atoms with E-state index in [1.165, 1.54) is 11.8 Å². The number of carbonyl (C=O) groups is 1. The number of carbonyl (C=O) groups excluding carboxylic acids is 1. The summed E-state index contributed by atoms with van der Waals surface area (Å²) in [4.78, 5) is 11.4. The van der Waals surface area contributed by atoms with Crippen LogP contribution in [0.4, 0.5) is 5.69 Å². The van der Waals surface area contributed by atoms with Crippen molar-refractivity contribution in [2.75, 3.05) is 16.8 Å². The molecule has 0 aliphatic rings. The Labute approximate surface area is 99.2 Å². The molecule has 1 amide bonds. The van der Waals surface area contributed by atoms with Crippen LogP contribution in [-0.2, 0) is 4.79 Å². The Morgan fingerprint density at radius 3 is 3.12 bits per heavy atom. The molecule has 16 heavy (non-hydrogen) atoms. The minimum absolute atomic E-state index is 0.0676. The first-order chi connectivity index (χ1) is 7.76. The second-order valence-corrected chi connectivity index (χ2v) is 4.07. The van der Waals surface area contributed by atoms with Crippen LogP contribution in [0.5, 0.6) is 0 Å². The number of benzene rings is 1. The molecule has 0 unspecified atom stereocenters. The second-order valence-electron chi connectivity index (χ2n) is 3.04. The van der Waals surface area contributed by atoms with Gasteiger partial charge in [-0.05, 0) is 18.2 Å². The van der Waals surface area contributed by atoms with Gasteiger partial charge in [0.05, 0.1) is 17.4 Å². The zero-order valence-corrected chi connectivity index (χ0v) is 9.59. The summed E-state index contributed by atoms with van der Waals surface area (Å²) in [5.74, 6) is 1.08. The Bertz CT molecular complexity index is 423. The first-order valence-corrected chi connectivity index (χ1v) is 5.90. The van der Waals surface area contributed by atoms with Crippen molar-refractivity contribution in [2.45, 2.75) is 0 Å². The molecule has 1 aromatic rings. The Morgan fingerprint density at radius 2 is 2.44 bits per heavy atom. The van der Waals surface area contributed by atoms with E-state index in [1.54, 1.807) is 30.3 Å². The van der Waals surface area contributed by atoms with Gasteiger partial charge in [0.15, 0.2) is 0 Å². The lowest BCUT2D eigenvalue weighted by Crippen LogP contribution is -2.14. The van der Waals surface area contributed by atoms with Crippen molar-refractivity contribution in [3.63, 3.8) is 0 Å². The van der Waals surface area contributed by atoms with Crippen LogP contribution in [0, 0.1) is 11.3 Å². The largest absolute Gasteiger partial charge is 0.325 e. The van der Waals surface area contributed by atoms with Crippen LogP contribution in [0.3, 0.4) is 0 Å². The van der Waals surface area contributed by atoms with E-state index in [1.807, 2.05) is 6.07 Å². The molecule has 82 valence electrons. The lowest BCUT2D eigenvalue weighted by molar-refractivity contribution is -0.113. The number of nitriles is 1. The Kier molecular flexibility index (Phi) is 5.17. The van der Waals surface area contributed by atoms with Gasteiger partial charge in [0.25, 0.3) is 0 Å². The Balaban J connectivity index is 2.49. The molecular formula is C12H12N2OS. The number of hydrogen-bond acceptors (Lipinski definition) is 3. The second kappa shape index (κ2) is 6.70. The van der Waals surface area contributed by atoms with Gasteiger partial charge in [0.2, 0.25) is 5.91 Å². The van der Waals surface area contributed by atoms with Crippen LogP contribution in [-0.4, -0.2) is 17.4 Å². The van der Waals surface area contributed by atoms with Crippen molar-refractivity contribution in [1.82, 2.24) is 0 Å². The molecule has 0 fully saturated rings. The first kappa shape index (κ1) is 12.3. The maximum atomic E-state index is 11.4. The highest BCUT2D eigenvalue weighted by atomic mass is 32.2. The monoisotopic (exact) mass is 232 g/mol. The van der Waals surface area contributed by atoms with E-state index in [9.17, 15) is 4.79 Å². The molecule has 0 bridgehead atoms. The number of hydrogen-bond donors (Lipinski definition) is 1. The molecule has 0 spiro atoms. The van der Waals surface area contributed by atoms with E-state index in [0.717, 1.165) is 5.75 Å². The molecule has 0 heterocycles. The average molecular weight is 232 g/mol. The Morgan fingerprint density at radius 1 is 1.62 bits per heavy atom. The predicted molar refractivity (Wildman–Crippen MR) is 67.3 cm³/mol. The van der Waals surface area contributed by atoms with E-state index < -0.39 is 0 Å². The van der Waals surface area contributed by atoms with Gasteiger partial charge in [-0.1, -0.05) is 12.1 Å². The van der Waals surface area contributed by atoms with Crippen LogP contribution < -0.4 is 5.32 Å². The molecular weight excluding hydrogens is 220 g/mol. The third-order valence-electron chi connectivity index (χ3n) is 1.74. The summed E-state index contributed by atoms with van der Waals surface area (Å²) < 4.78 is 0. The van der Waals surface area contributed by atoms with Gasteiger partial charge in [-0.3, -0.25) is 4.79 Å². The zero-order chi connectivity index (χ0) is 11.8. The molecule has 3 nitrogen and oxygen atoms in total. The van der Waals surface area contributed by atoms with Gasteiger partial charge in [-0.2, -0.15) is 5.26 Å². The minimum atomic E-state index is -0.0676. The maximum absolute atomic E-state index is 11.4. The summed E-state index contributed by atoms with van der Waals surface area (Å²) >= 11 is 1.50. The third-order valence-corrected chi connectivity index (χ3v) is 2.68. The summed E-state index contributed by atoms with van der Waals surface area (Å²) in [6.45, 7) is 3.58. The molecule has 1 N–H and O–H groups in total. The number of amides is 1. The van der Waals surface area contributed by atoms with Gasteiger partial charge in [0, 0.05) is 11.4 Å². The molecule has 0 radical (unpaired) electrons. The normalized spacial score (nSPS) is 9.19. The standard InChI is InChI=1S/C12H12N2OS/c1-2-6-16-9-12(15)14-11-5-3-4-10(7-11)8-13/h2-5,7H,1,6,9H2,(H,14,15). The molecule has 0 saturated heterocycles. The molecule has 0 aromatic heterocycles. The predicted octanol–water partition coefficient (Wildman–Crippen LogP) is 2.42. The number of nitrogens with one attached hydrogen (secondary N) is 1. The fourth-order valence-electron chi connectivity index (χ4n) is 1.10. The fourth-order valence-corrected chi connectivity index (χ4v) is 1.64. The number of rotatable bonds is 5. The minimum Gasteiger partial charge on any atom is -0.325 e. The number of thioether (sulfide) groups is 1. The van der Waals surface area contributed by atoms with Gasteiger partial charge >= 0.3 is 0 Å². The van der Waals surface area contributed by atoms with Gasteiger partial charge in [0.1, 0.15) is 0 Å². The molecule has 0 atom stereocenters. The quantitative estimate of drug-likeness (QED) is 0.626. The molecule has 4 heteroatoms. The zero-order valence-electron chi connectivity index (χ0n) is 8.77. The molecule has 1 aromatic carbocycles. The van der Waals surface area contributed by atoms with Crippen LogP contribution in [0.2, 0.25) is 0 Å². The smallest absolute Gasteiger partial charge is 0.234 e. The van der Waals surface area contributed by atoms with Crippen molar-refractivity contribution in [3.05, 3.63) is 42.5 Å². The highest BCUT2D eigenvalue weighted by Gasteiger charge is 2.02. The van der Waals surface area contributed by atoms with Crippen LogP contribution in [0.25, 0.3) is 0 Å². The fraction of sp³-hybridized carbons (Fsp3) is 0.167. The highest BCUT2D eigenvalue weighted by molar-refractivity contribution is 8.00. The van der Waals surface area contributed by atoms with E-state index in [4.69, 9.17) is 5.26 Å². The van der Waals surface area contributed by atoms with Gasteiger partial charge in [-0.25, -0.2) is 0 Å². The summed E-state index contributed by atoms with van der Waals surface area (Å²) in [7, 11) is 0. The van der Waals surface area contributed by atoms with E-state index in [2.05, 4.69) is 11.9 Å². The maximum Gasteiger partial charge on any atom is 0.234 e. The lowest BCUT2D eigenvalue weighted by atomic mass is 10.2. The van der Waals surface area contributed by atoms with Gasteiger partial charge in [-0.15, -0.1) is 18.3 Å². The topological polar surface area (TPSA) is 52.9 Å². The summed E-state index contributed by atoms with van der Waals surface area (Å²) in [6.07, 6.45) is 1.76. The Hall–Kier alpha value is -1.73. The van der Waals surface area contributed by atoms with E-state index >= 15 is 0 Å². The first-order valence-electron chi connectivity index (χ1n) is 4.75. The van der Waals surface area contributed by atoms with Crippen molar-refractivity contribution in [1.29, 1.82) is 5.26 Å². The number of nitrogens with zero attached hydrogens (tertiary/aromatic N) is 1. The van der Waals surface area contributed by atoms with E-state index in [0.29, 0.717) is 17.0 Å². The highest BCUT2D eigenvalue weighted by Crippen LogP contribution is 2.10. The summed E-state index contributed by atoms with van der Waals surface area (Å²) in [5.41, 5.74) is 1.19. The molecule has 0 aliphatic carbocycles. The lowest BCUT2D eigenvalue weighted by Gasteiger charge is -2.04. The average Bonchev–Trinajstić information content (AvgIpc) is 2.29. The van der Waals surface area contributed by atoms with Crippen LogP contribution in [0.1, 0.15) is 5.56 Å². The van der Waals surface area contributed by atoms with E-state index in [-0.39, 0.29) is 5.91 Å².